The monoisotopic (exact) mass is 450 g/mol. The van der Waals surface area contributed by atoms with Gasteiger partial charge in [0.15, 0.2) is 5.16 Å². The number of carbonyl (C=O) groups is 1. The van der Waals surface area contributed by atoms with Crippen LogP contribution in [0.1, 0.15) is 11.1 Å². The lowest BCUT2D eigenvalue weighted by molar-refractivity contribution is -0.113. The van der Waals surface area contributed by atoms with Gasteiger partial charge in [0.25, 0.3) is 5.56 Å². The van der Waals surface area contributed by atoms with Gasteiger partial charge in [0.2, 0.25) is 5.91 Å². The summed E-state index contributed by atoms with van der Waals surface area (Å²) in [5.74, 6) is -0.173. The van der Waals surface area contributed by atoms with E-state index in [2.05, 4.69) is 15.3 Å². The van der Waals surface area contributed by atoms with Gasteiger partial charge in [0.05, 0.1) is 39.3 Å². The molecule has 0 fully saturated rings. The molecule has 0 saturated heterocycles. The summed E-state index contributed by atoms with van der Waals surface area (Å²) in [5.41, 5.74) is 3.46. The summed E-state index contributed by atoms with van der Waals surface area (Å²) in [6, 6.07) is 14.4. The van der Waals surface area contributed by atoms with Crippen LogP contribution in [0, 0.1) is 13.8 Å². The molecule has 2 aromatic heterocycles. The van der Waals surface area contributed by atoms with Crippen LogP contribution in [0.25, 0.3) is 16.6 Å². The summed E-state index contributed by atoms with van der Waals surface area (Å²) in [4.78, 5) is 34.6. The number of pyridine rings is 1. The quantitative estimate of drug-likeness (QED) is 0.349. The van der Waals surface area contributed by atoms with E-state index in [-0.39, 0.29) is 17.2 Å². The van der Waals surface area contributed by atoms with Gasteiger partial charge in [-0.05, 0) is 55.3 Å². The third kappa shape index (κ3) is 4.47. The molecule has 2 aromatic carbocycles. The largest absolute Gasteiger partial charge is 0.324 e. The Balaban J connectivity index is 1.65. The molecule has 0 spiro atoms. The van der Waals surface area contributed by atoms with Crippen molar-refractivity contribution in [2.45, 2.75) is 19.0 Å². The van der Waals surface area contributed by atoms with Crippen LogP contribution in [-0.4, -0.2) is 26.2 Å². The minimum Gasteiger partial charge on any atom is -0.324 e. The zero-order valence-corrected chi connectivity index (χ0v) is 18.5. The fraction of sp³-hybridized carbons (Fsp3) is 0.130. The lowest BCUT2D eigenvalue weighted by Gasteiger charge is -2.14. The van der Waals surface area contributed by atoms with Gasteiger partial charge in [-0.3, -0.25) is 19.1 Å². The summed E-state index contributed by atoms with van der Waals surface area (Å²) in [7, 11) is 0. The molecule has 0 aliphatic carbocycles. The van der Waals surface area contributed by atoms with E-state index in [1.54, 1.807) is 42.7 Å². The van der Waals surface area contributed by atoms with Crippen molar-refractivity contribution in [1.82, 2.24) is 14.5 Å². The van der Waals surface area contributed by atoms with E-state index in [9.17, 15) is 9.59 Å². The highest BCUT2D eigenvalue weighted by Crippen LogP contribution is 2.28. The number of carbonyl (C=O) groups excluding carboxylic acids is 1. The molecule has 0 atom stereocenters. The number of nitrogens with zero attached hydrogens (tertiary/aromatic N) is 3. The van der Waals surface area contributed by atoms with Crippen molar-refractivity contribution >= 4 is 45.9 Å². The summed E-state index contributed by atoms with van der Waals surface area (Å²) >= 11 is 7.48. The summed E-state index contributed by atoms with van der Waals surface area (Å²) in [6.07, 6.45) is 3.23. The average molecular weight is 451 g/mol. The lowest BCUT2D eigenvalue weighted by atomic mass is 10.1. The second-order valence-corrected chi connectivity index (χ2v) is 8.39. The molecule has 1 N–H and O–H groups in total. The van der Waals surface area contributed by atoms with Crippen LogP contribution in [0.2, 0.25) is 5.02 Å². The van der Waals surface area contributed by atoms with Crippen molar-refractivity contribution in [3.63, 3.8) is 0 Å². The Morgan fingerprint density at radius 3 is 2.71 bits per heavy atom. The number of benzene rings is 2. The first-order valence-electron chi connectivity index (χ1n) is 9.55. The highest BCUT2D eigenvalue weighted by molar-refractivity contribution is 7.99. The van der Waals surface area contributed by atoms with Gasteiger partial charge in [0, 0.05) is 6.20 Å². The molecule has 8 heteroatoms. The van der Waals surface area contributed by atoms with Gasteiger partial charge in [-0.2, -0.15) is 0 Å². The van der Waals surface area contributed by atoms with E-state index in [0.29, 0.717) is 32.5 Å². The summed E-state index contributed by atoms with van der Waals surface area (Å²) < 4.78 is 1.48. The number of aromatic nitrogens is 3. The molecule has 0 bridgehead atoms. The molecule has 0 radical (unpaired) electrons. The van der Waals surface area contributed by atoms with Crippen LogP contribution >= 0.6 is 23.4 Å². The number of hydrogen-bond acceptors (Lipinski definition) is 5. The predicted octanol–water partition coefficient (Wildman–Crippen LogP) is 4.78. The fourth-order valence-corrected chi connectivity index (χ4v) is 4.48. The van der Waals surface area contributed by atoms with Crippen LogP contribution in [0.3, 0.4) is 0 Å². The highest BCUT2D eigenvalue weighted by atomic mass is 35.5. The fourth-order valence-electron chi connectivity index (χ4n) is 3.30. The van der Waals surface area contributed by atoms with Gasteiger partial charge < -0.3 is 5.32 Å². The molecule has 0 saturated carbocycles. The second kappa shape index (κ2) is 8.91. The Morgan fingerprint density at radius 2 is 1.97 bits per heavy atom. The molecule has 0 unspecified atom stereocenters. The average Bonchev–Trinajstić information content (AvgIpc) is 2.75. The standard InChI is InChI=1S/C23H19ClN4O2S/c1-14-10-15(2)21(18(24)11-14)27-20(29)13-31-23-26-19-8-4-3-7-17(19)22(30)28(23)16-6-5-9-25-12-16/h3-12H,13H2,1-2H3,(H,27,29). The van der Waals surface area contributed by atoms with Crippen molar-refractivity contribution in [1.29, 1.82) is 0 Å². The maximum absolute atomic E-state index is 13.2. The zero-order valence-electron chi connectivity index (χ0n) is 16.9. The normalized spacial score (nSPS) is 10.9. The van der Waals surface area contributed by atoms with Gasteiger partial charge in [-0.15, -0.1) is 0 Å². The third-order valence-corrected chi connectivity index (χ3v) is 5.91. The highest BCUT2D eigenvalue weighted by Gasteiger charge is 2.16. The number of rotatable bonds is 5. The molecule has 2 heterocycles. The van der Waals surface area contributed by atoms with Crippen LogP contribution in [0.4, 0.5) is 5.69 Å². The molecule has 156 valence electrons. The number of nitrogens with one attached hydrogen (secondary N) is 1. The number of para-hydroxylation sites is 1. The predicted molar refractivity (Wildman–Crippen MR) is 125 cm³/mol. The maximum atomic E-state index is 13.2. The number of amides is 1. The van der Waals surface area contributed by atoms with Gasteiger partial charge in [-0.1, -0.05) is 41.6 Å². The molecule has 0 aliphatic heterocycles. The topological polar surface area (TPSA) is 76.9 Å². The van der Waals surface area contributed by atoms with E-state index in [0.717, 1.165) is 11.1 Å². The molecular weight excluding hydrogens is 432 g/mol. The first kappa shape index (κ1) is 21.1. The summed E-state index contributed by atoms with van der Waals surface area (Å²) in [5, 5.41) is 4.28. The van der Waals surface area contributed by atoms with Crippen molar-refractivity contribution in [2.75, 3.05) is 11.1 Å². The number of thioether (sulfide) groups is 1. The van der Waals surface area contributed by atoms with Gasteiger partial charge in [0.1, 0.15) is 0 Å². The van der Waals surface area contributed by atoms with Crippen LogP contribution < -0.4 is 10.9 Å². The van der Waals surface area contributed by atoms with Crippen molar-refractivity contribution in [2.24, 2.45) is 0 Å². The van der Waals surface area contributed by atoms with E-state index < -0.39 is 0 Å². The Hall–Kier alpha value is -3.16. The van der Waals surface area contributed by atoms with Crippen molar-refractivity contribution < 1.29 is 4.79 Å². The van der Waals surface area contributed by atoms with Crippen molar-refractivity contribution in [3.05, 3.63) is 87.4 Å². The molecule has 4 rings (SSSR count). The smallest absolute Gasteiger partial charge is 0.266 e. The number of hydrogen-bond donors (Lipinski definition) is 1. The number of aryl methyl sites for hydroxylation is 2. The molecule has 1 amide bonds. The second-order valence-electron chi connectivity index (χ2n) is 7.04. The number of anilines is 1. The van der Waals surface area contributed by atoms with Crippen LogP contribution in [0.15, 0.2) is 70.9 Å². The molecule has 31 heavy (non-hydrogen) atoms. The van der Waals surface area contributed by atoms with E-state index in [1.165, 1.54) is 16.3 Å². The molecule has 4 aromatic rings. The number of halogens is 1. The zero-order chi connectivity index (χ0) is 22.0. The Morgan fingerprint density at radius 1 is 1.16 bits per heavy atom. The van der Waals surface area contributed by atoms with Crippen LogP contribution in [0.5, 0.6) is 0 Å². The van der Waals surface area contributed by atoms with E-state index in [4.69, 9.17) is 11.6 Å². The number of fused-ring (bicyclic) bond motifs is 1. The van der Waals surface area contributed by atoms with Crippen LogP contribution in [-0.2, 0) is 4.79 Å². The van der Waals surface area contributed by atoms with E-state index >= 15 is 0 Å². The SMILES string of the molecule is Cc1cc(C)c(NC(=O)CSc2nc3ccccc3c(=O)n2-c2cccnc2)c(Cl)c1. The third-order valence-electron chi connectivity index (χ3n) is 4.68. The Kier molecular flexibility index (Phi) is 6.06. The first-order valence-corrected chi connectivity index (χ1v) is 10.9. The molecule has 0 aliphatic rings. The van der Waals surface area contributed by atoms with Gasteiger partial charge in [-0.25, -0.2) is 4.98 Å². The van der Waals surface area contributed by atoms with Gasteiger partial charge >= 0.3 is 0 Å². The Bertz CT molecular complexity index is 1320. The summed E-state index contributed by atoms with van der Waals surface area (Å²) in [6.45, 7) is 3.84. The minimum atomic E-state index is -0.237. The van der Waals surface area contributed by atoms with E-state index in [1.807, 2.05) is 32.0 Å². The Labute approximate surface area is 188 Å². The maximum Gasteiger partial charge on any atom is 0.266 e. The molecule has 6 nitrogen and oxygen atoms in total. The first-order chi connectivity index (χ1) is 14.9. The molecular formula is C23H19ClN4O2S. The minimum absolute atomic E-state index is 0.0642. The lowest BCUT2D eigenvalue weighted by Crippen LogP contribution is -2.23. The van der Waals surface area contributed by atoms with Crippen molar-refractivity contribution in [3.8, 4) is 5.69 Å².